The predicted octanol–water partition coefficient (Wildman–Crippen LogP) is 2.35. The first kappa shape index (κ1) is 16.9. The Bertz CT molecular complexity index is 1030. The van der Waals surface area contributed by atoms with Crippen molar-refractivity contribution in [2.45, 2.75) is 4.90 Å². The molecule has 1 fully saturated rings. The van der Waals surface area contributed by atoms with Crippen LogP contribution < -0.4 is 4.90 Å². The quantitative estimate of drug-likeness (QED) is 0.760. The number of benzene rings is 2. The molecule has 0 radical (unpaired) electrons. The van der Waals surface area contributed by atoms with Gasteiger partial charge in [0.05, 0.1) is 11.0 Å². The van der Waals surface area contributed by atoms with Gasteiger partial charge in [-0.25, -0.2) is 22.2 Å². The van der Waals surface area contributed by atoms with Crippen LogP contribution in [0.4, 0.5) is 14.7 Å². The van der Waals surface area contributed by atoms with Gasteiger partial charge >= 0.3 is 0 Å². The summed E-state index contributed by atoms with van der Waals surface area (Å²) in [6, 6.07) is 10.0. The third kappa shape index (κ3) is 2.93. The van der Waals surface area contributed by atoms with E-state index in [-0.39, 0.29) is 13.1 Å². The van der Waals surface area contributed by atoms with Gasteiger partial charge in [0.25, 0.3) is 0 Å². The lowest BCUT2D eigenvalue weighted by Crippen LogP contribution is -2.49. The molecule has 9 heteroatoms. The molecule has 1 aliphatic rings. The first-order valence-electron chi connectivity index (χ1n) is 8.10. The molecule has 2 heterocycles. The number of para-hydroxylation sites is 2. The van der Waals surface area contributed by atoms with Crippen LogP contribution in [0.1, 0.15) is 0 Å². The summed E-state index contributed by atoms with van der Waals surface area (Å²) in [5.74, 6) is -1.07. The summed E-state index contributed by atoms with van der Waals surface area (Å²) in [5, 5.41) is 0. The molecule has 0 unspecified atom stereocenters. The summed E-state index contributed by atoms with van der Waals surface area (Å²) >= 11 is 0. The zero-order chi connectivity index (χ0) is 18.3. The van der Waals surface area contributed by atoms with Crippen molar-refractivity contribution in [3.05, 3.63) is 54.1 Å². The molecule has 6 nitrogen and oxygen atoms in total. The number of hydrogen-bond acceptors (Lipinski definition) is 4. The van der Waals surface area contributed by atoms with E-state index in [0.717, 1.165) is 29.2 Å². The number of piperazine rings is 1. The van der Waals surface area contributed by atoms with E-state index in [2.05, 4.69) is 9.97 Å². The largest absolute Gasteiger partial charge is 0.340 e. The number of nitrogens with one attached hydrogen (secondary N) is 1. The molecule has 1 aliphatic heterocycles. The lowest BCUT2D eigenvalue weighted by molar-refractivity contribution is 0.380. The Kier molecular flexibility index (Phi) is 4.12. The van der Waals surface area contributed by atoms with Gasteiger partial charge in [-0.1, -0.05) is 12.1 Å². The number of hydrogen-bond donors (Lipinski definition) is 1. The van der Waals surface area contributed by atoms with E-state index in [9.17, 15) is 17.2 Å². The number of H-pyrrole nitrogens is 1. The summed E-state index contributed by atoms with van der Waals surface area (Å²) in [6.07, 6.45) is 0. The molecular weight excluding hydrogens is 362 g/mol. The van der Waals surface area contributed by atoms with Crippen LogP contribution in [0.25, 0.3) is 11.0 Å². The van der Waals surface area contributed by atoms with Crippen molar-refractivity contribution < 1.29 is 17.2 Å². The van der Waals surface area contributed by atoms with Crippen molar-refractivity contribution in [3.63, 3.8) is 0 Å². The molecule has 0 amide bonds. The number of rotatable bonds is 3. The summed E-state index contributed by atoms with van der Waals surface area (Å²) in [7, 11) is -4.08. The average Bonchev–Trinajstić information content (AvgIpc) is 3.08. The van der Waals surface area contributed by atoms with Crippen LogP contribution in [-0.4, -0.2) is 48.9 Å². The molecule has 1 saturated heterocycles. The average molecular weight is 378 g/mol. The van der Waals surface area contributed by atoms with Gasteiger partial charge in [-0.05, 0) is 30.3 Å². The molecule has 4 rings (SSSR count). The van der Waals surface area contributed by atoms with Crippen LogP contribution in [0.3, 0.4) is 0 Å². The fraction of sp³-hybridized carbons (Fsp3) is 0.235. The van der Waals surface area contributed by atoms with Gasteiger partial charge in [-0.3, -0.25) is 0 Å². The van der Waals surface area contributed by atoms with E-state index in [4.69, 9.17) is 0 Å². The highest BCUT2D eigenvalue weighted by Crippen LogP contribution is 2.23. The molecule has 1 aromatic heterocycles. The van der Waals surface area contributed by atoms with Crippen LogP contribution in [0.15, 0.2) is 47.4 Å². The molecule has 0 bridgehead atoms. The minimum atomic E-state index is -4.08. The Morgan fingerprint density at radius 2 is 1.73 bits per heavy atom. The van der Waals surface area contributed by atoms with E-state index < -0.39 is 26.6 Å². The number of fused-ring (bicyclic) bond motifs is 1. The maximum atomic E-state index is 13.9. The maximum absolute atomic E-state index is 13.9. The minimum Gasteiger partial charge on any atom is -0.340 e. The van der Waals surface area contributed by atoms with E-state index in [0.29, 0.717) is 19.0 Å². The Balaban J connectivity index is 1.53. The molecule has 3 aromatic rings. The second-order valence-corrected chi connectivity index (χ2v) is 7.95. The molecule has 0 aliphatic carbocycles. The number of imidazole rings is 1. The topological polar surface area (TPSA) is 69.3 Å². The van der Waals surface area contributed by atoms with Gasteiger partial charge in [0.15, 0.2) is 0 Å². The number of sulfonamides is 1. The second-order valence-electron chi connectivity index (χ2n) is 6.04. The maximum Gasteiger partial charge on any atom is 0.246 e. The standard InChI is InChI=1S/C17H16F2N4O2S/c18-12-5-6-13(19)16(11-12)26(24,25)23-9-7-22(8-10-23)17-20-14-3-1-2-4-15(14)21-17/h1-6,11H,7-10H2,(H,20,21). The molecule has 0 atom stereocenters. The third-order valence-electron chi connectivity index (χ3n) is 4.43. The predicted molar refractivity (Wildman–Crippen MR) is 93.4 cm³/mol. The van der Waals surface area contributed by atoms with Crippen LogP contribution >= 0.6 is 0 Å². The van der Waals surface area contributed by atoms with Crippen molar-refractivity contribution in [1.29, 1.82) is 0 Å². The first-order chi connectivity index (χ1) is 12.4. The lowest BCUT2D eigenvalue weighted by atomic mass is 10.3. The van der Waals surface area contributed by atoms with Gasteiger partial charge in [-0.2, -0.15) is 4.31 Å². The molecular formula is C17H16F2N4O2S. The highest BCUT2D eigenvalue weighted by Gasteiger charge is 2.31. The van der Waals surface area contributed by atoms with E-state index >= 15 is 0 Å². The van der Waals surface area contributed by atoms with E-state index in [1.165, 1.54) is 4.31 Å². The Morgan fingerprint density at radius 3 is 2.46 bits per heavy atom. The summed E-state index contributed by atoms with van der Waals surface area (Å²) in [6.45, 7) is 1.12. The van der Waals surface area contributed by atoms with Gasteiger partial charge in [0.1, 0.15) is 16.5 Å². The third-order valence-corrected chi connectivity index (χ3v) is 6.34. The fourth-order valence-electron chi connectivity index (χ4n) is 3.04. The van der Waals surface area contributed by atoms with Gasteiger partial charge in [0, 0.05) is 26.2 Å². The monoisotopic (exact) mass is 378 g/mol. The Labute approximate surface area is 149 Å². The highest BCUT2D eigenvalue weighted by molar-refractivity contribution is 7.89. The van der Waals surface area contributed by atoms with Gasteiger partial charge in [0.2, 0.25) is 16.0 Å². The number of aromatic nitrogens is 2. The number of aromatic amines is 1. The lowest BCUT2D eigenvalue weighted by Gasteiger charge is -2.33. The van der Waals surface area contributed by atoms with Gasteiger partial charge < -0.3 is 9.88 Å². The highest BCUT2D eigenvalue weighted by atomic mass is 32.2. The SMILES string of the molecule is O=S(=O)(c1cc(F)ccc1F)N1CCN(c2nc3ccccc3[nH]2)CC1. The molecule has 0 saturated carbocycles. The van der Waals surface area contributed by atoms with Crippen LogP contribution in [0.5, 0.6) is 0 Å². The molecule has 26 heavy (non-hydrogen) atoms. The second kappa shape index (κ2) is 6.33. The summed E-state index contributed by atoms with van der Waals surface area (Å²) in [5.41, 5.74) is 1.73. The zero-order valence-electron chi connectivity index (χ0n) is 13.7. The smallest absolute Gasteiger partial charge is 0.246 e. The van der Waals surface area contributed by atoms with Crippen LogP contribution in [0, 0.1) is 11.6 Å². The van der Waals surface area contributed by atoms with Crippen LogP contribution in [0.2, 0.25) is 0 Å². The molecule has 0 spiro atoms. The van der Waals surface area contributed by atoms with E-state index in [1.54, 1.807) is 0 Å². The van der Waals surface area contributed by atoms with Crippen molar-refractivity contribution in [2.75, 3.05) is 31.1 Å². The van der Waals surface area contributed by atoms with Crippen molar-refractivity contribution in [1.82, 2.24) is 14.3 Å². The Morgan fingerprint density at radius 1 is 1.00 bits per heavy atom. The summed E-state index contributed by atoms with van der Waals surface area (Å²) in [4.78, 5) is 9.01. The van der Waals surface area contributed by atoms with E-state index in [1.807, 2.05) is 29.2 Å². The molecule has 1 N–H and O–H groups in total. The number of anilines is 1. The number of halogens is 2. The van der Waals surface area contributed by atoms with Gasteiger partial charge in [-0.15, -0.1) is 0 Å². The van der Waals surface area contributed by atoms with Crippen molar-refractivity contribution >= 4 is 27.0 Å². The van der Waals surface area contributed by atoms with Crippen LogP contribution in [-0.2, 0) is 10.0 Å². The first-order valence-corrected chi connectivity index (χ1v) is 9.54. The zero-order valence-corrected chi connectivity index (χ0v) is 14.5. The normalized spacial score (nSPS) is 16.3. The minimum absolute atomic E-state index is 0.162. The fourth-order valence-corrected chi connectivity index (χ4v) is 4.54. The van der Waals surface area contributed by atoms with Crippen molar-refractivity contribution in [2.24, 2.45) is 0 Å². The van der Waals surface area contributed by atoms with Crippen molar-refractivity contribution in [3.8, 4) is 0 Å². The Hall–Kier alpha value is -2.52. The molecule has 136 valence electrons. The molecule has 2 aromatic carbocycles. The number of nitrogens with zero attached hydrogens (tertiary/aromatic N) is 3. The summed E-state index contributed by atoms with van der Waals surface area (Å²) < 4.78 is 53.7.